The first kappa shape index (κ1) is 11.9. The highest BCUT2D eigenvalue weighted by molar-refractivity contribution is 7.98. The van der Waals surface area contributed by atoms with Gasteiger partial charge in [0.05, 0.1) is 5.69 Å². The van der Waals surface area contributed by atoms with Gasteiger partial charge in [-0.1, -0.05) is 11.8 Å². The molecule has 0 unspecified atom stereocenters. The van der Waals surface area contributed by atoms with E-state index in [0.29, 0.717) is 0 Å². The van der Waals surface area contributed by atoms with Gasteiger partial charge in [0.1, 0.15) is 11.3 Å². The summed E-state index contributed by atoms with van der Waals surface area (Å²) < 4.78 is 38.3. The molecular weight excluding hydrogens is 253 g/mol. The summed E-state index contributed by atoms with van der Waals surface area (Å²) in [6, 6.07) is 1.43. The maximum Gasteiger partial charge on any atom is 0.420 e. The molecule has 0 aliphatic carbocycles. The highest BCUT2D eigenvalue weighted by Gasteiger charge is 2.35. The van der Waals surface area contributed by atoms with E-state index in [9.17, 15) is 13.2 Å². The van der Waals surface area contributed by atoms with Gasteiger partial charge in [0.2, 0.25) is 0 Å². The molecule has 0 saturated heterocycles. The zero-order valence-corrected chi connectivity index (χ0v) is 9.43. The summed E-state index contributed by atoms with van der Waals surface area (Å²) in [5.74, 6) is 0. The van der Waals surface area contributed by atoms with Crippen LogP contribution in [-0.4, -0.2) is 26.4 Å². The third-order valence-corrected chi connectivity index (χ3v) is 2.57. The molecule has 17 heavy (non-hydrogen) atoms. The lowest BCUT2D eigenvalue weighted by Crippen LogP contribution is -2.10. The first-order valence-electron chi connectivity index (χ1n) is 4.50. The molecule has 2 heterocycles. The maximum absolute atomic E-state index is 12.8. The number of aromatic nitrogens is 4. The van der Waals surface area contributed by atoms with Crippen LogP contribution in [0.3, 0.4) is 0 Å². The van der Waals surface area contributed by atoms with Gasteiger partial charge in [0.15, 0.2) is 5.16 Å². The van der Waals surface area contributed by atoms with Crippen molar-refractivity contribution in [3.05, 3.63) is 24.0 Å². The lowest BCUT2D eigenvalue weighted by Gasteiger charge is -2.10. The number of aromatic amines is 1. The first-order chi connectivity index (χ1) is 8.02. The van der Waals surface area contributed by atoms with Crippen LogP contribution in [0, 0.1) is 0 Å². The number of thioether (sulfide) groups is 1. The quantitative estimate of drug-likeness (QED) is 0.666. The molecule has 0 aromatic carbocycles. The van der Waals surface area contributed by atoms with Crippen LogP contribution in [0.2, 0.25) is 0 Å². The number of nitrogens with zero attached hydrogens (tertiary/aromatic N) is 3. The molecule has 0 spiro atoms. The van der Waals surface area contributed by atoms with E-state index in [1.54, 1.807) is 6.26 Å². The summed E-state index contributed by atoms with van der Waals surface area (Å²) in [5, 5.41) is 6.37. The molecule has 1 N–H and O–H groups in total. The maximum atomic E-state index is 12.8. The highest BCUT2D eigenvalue weighted by atomic mass is 32.2. The molecular formula is C9H7F3N4S. The fraction of sp³-hybridized carbons (Fsp3) is 0.222. The molecule has 0 saturated carbocycles. The van der Waals surface area contributed by atoms with Crippen molar-refractivity contribution in [2.24, 2.45) is 0 Å². The van der Waals surface area contributed by atoms with E-state index in [1.165, 1.54) is 24.0 Å². The Labute approximate surface area is 98.7 Å². The molecule has 0 aliphatic heterocycles. The van der Waals surface area contributed by atoms with Crippen LogP contribution in [0.25, 0.3) is 11.4 Å². The second-order valence-corrected chi connectivity index (χ2v) is 3.86. The average Bonchev–Trinajstić information content (AvgIpc) is 2.80. The molecule has 8 heteroatoms. The van der Waals surface area contributed by atoms with Gasteiger partial charge >= 0.3 is 6.18 Å². The average molecular weight is 260 g/mol. The zero-order valence-electron chi connectivity index (χ0n) is 8.62. The van der Waals surface area contributed by atoms with E-state index >= 15 is 0 Å². The number of nitrogens with one attached hydrogen (secondary N) is 1. The molecule has 0 fully saturated rings. The molecule has 2 aromatic rings. The summed E-state index contributed by atoms with van der Waals surface area (Å²) in [4.78, 5) is 7.49. The Kier molecular flexibility index (Phi) is 3.05. The monoisotopic (exact) mass is 260 g/mol. The van der Waals surface area contributed by atoms with Crippen LogP contribution in [0.1, 0.15) is 5.56 Å². The summed E-state index contributed by atoms with van der Waals surface area (Å²) in [6.07, 6.45) is -0.637. The van der Waals surface area contributed by atoms with E-state index in [4.69, 9.17) is 0 Å². The topological polar surface area (TPSA) is 54.5 Å². The van der Waals surface area contributed by atoms with Crippen LogP contribution < -0.4 is 0 Å². The second kappa shape index (κ2) is 4.36. The number of H-pyrrole nitrogens is 1. The van der Waals surface area contributed by atoms with Gasteiger partial charge < -0.3 is 0 Å². The van der Waals surface area contributed by atoms with Gasteiger partial charge in [0.25, 0.3) is 0 Å². The summed E-state index contributed by atoms with van der Waals surface area (Å²) in [5.41, 5.74) is -0.844. The van der Waals surface area contributed by atoms with Crippen molar-refractivity contribution in [1.29, 1.82) is 0 Å². The Morgan fingerprint density at radius 2 is 2.12 bits per heavy atom. The van der Waals surface area contributed by atoms with Crippen molar-refractivity contribution in [1.82, 2.24) is 20.2 Å². The van der Waals surface area contributed by atoms with Crippen molar-refractivity contribution in [2.45, 2.75) is 11.3 Å². The van der Waals surface area contributed by atoms with Crippen molar-refractivity contribution in [3.63, 3.8) is 0 Å². The predicted octanol–water partition coefficient (Wildman–Crippen LogP) is 2.61. The number of halogens is 3. The van der Waals surface area contributed by atoms with Crippen LogP contribution in [-0.2, 0) is 6.18 Å². The molecule has 0 atom stereocenters. The lowest BCUT2D eigenvalue weighted by atomic mass is 10.2. The minimum Gasteiger partial charge on any atom is -0.276 e. The molecule has 2 rings (SSSR count). The number of alkyl halides is 3. The van der Waals surface area contributed by atoms with E-state index in [2.05, 4.69) is 20.2 Å². The highest BCUT2D eigenvalue weighted by Crippen LogP contribution is 2.35. The number of rotatable bonds is 2. The molecule has 0 aliphatic rings. The van der Waals surface area contributed by atoms with Gasteiger partial charge in [-0.05, 0) is 12.3 Å². The number of hydrogen-bond acceptors (Lipinski definition) is 4. The van der Waals surface area contributed by atoms with E-state index in [1.807, 2.05) is 0 Å². The van der Waals surface area contributed by atoms with E-state index < -0.39 is 11.7 Å². The smallest absolute Gasteiger partial charge is 0.276 e. The Hall–Kier alpha value is -1.57. The summed E-state index contributed by atoms with van der Waals surface area (Å²) >= 11 is 1.18. The fourth-order valence-corrected chi connectivity index (χ4v) is 1.61. The van der Waals surface area contributed by atoms with Crippen molar-refractivity contribution < 1.29 is 13.2 Å². The van der Waals surface area contributed by atoms with Gasteiger partial charge in [-0.3, -0.25) is 5.10 Å². The Morgan fingerprint density at radius 3 is 2.65 bits per heavy atom. The fourth-order valence-electron chi connectivity index (χ4n) is 1.26. The number of hydrogen-bond donors (Lipinski definition) is 1. The summed E-state index contributed by atoms with van der Waals surface area (Å²) in [7, 11) is 0. The molecule has 0 bridgehead atoms. The molecule has 4 nitrogen and oxygen atoms in total. The molecule has 2 aromatic heterocycles. The van der Waals surface area contributed by atoms with Crippen LogP contribution in [0.5, 0.6) is 0 Å². The van der Waals surface area contributed by atoms with E-state index in [0.717, 1.165) is 6.20 Å². The molecule has 90 valence electrons. The SMILES string of the molecule is CSc1ncc(C(F)(F)F)c(-c2ccn[nH]2)n1. The largest absolute Gasteiger partial charge is 0.420 e. The van der Waals surface area contributed by atoms with Gasteiger partial charge in [-0.2, -0.15) is 18.3 Å². The normalized spacial score (nSPS) is 11.8. The van der Waals surface area contributed by atoms with Gasteiger partial charge in [-0.15, -0.1) is 0 Å². The van der Waals surface area contributed by atoms with E-state index in [-0.39, 0.29) is 16.5 Å². The van der Waals surface area contributed by atoms with Gasteiger partial charge in [0, 0.05) is 12.4 Å². The molecule has 0 radical (unpaired) electrons. The van der Waals surface area contributed by atoms with Crippen molar-refractivity contribution >= 4 is 11.8 Å². The second-order valence-electron chi connectivity index (χ2n) is 3.09. The first-order valence-corrected chi connectivity index (χ1v) is 5.73. The van der Waals surface area contributed by atoms with Crippen molar-refractivity contribution in [2.75, 3.05) is 6.26 Å². The minimum atomic E-state index is -4.49. The Bertz CT molecular complexity index is 509. The van der Waals surface area contributed by atoms with Gasteiger partial charge in [-0.25, -0.2) is 9.97 Å². The lowest BCUT2D eigenvalue weighted by molar-refractivity contribution is -0.137. The standard InChI is InChI=1S/C9H7F3N4S/c1-17-8-13-4-5(9(10,11)12)7(15-8)6-2-3-14-16-6/h2-4H,1H3,(H,14,16). The Balaban J connectivity index is 2.61. The third-order valence-electron chi connectivity index (χ3n) is 2.01. The zero-order chi connectivity index (χ0) is 12.5. The predicted molar refractivity (Wildman–Crippen MR) is 56.4 cm³/mol. The van der Waals surface area contributed by atoms with Crippen LogP contribution in [0.15, 0.2) is 23.6 Å². The van der Waals surface area contributed by atoms with Crippen LogP contribution in [0.4, 0.5) is 13.2 Å². The molecule has 0 amide bonds. The van der Waals surface area contributed by atoms with Crippen LogP contribution >= 0.6 is 11.8 Å². The minimum absolute atomic E-state index is 0.186. The van der Waals surface area contributed by atoms with Crippen molar-refractivity contribution in [3.8, 4) is 11.4 Å². The summed E-state index contributed by atoms with van der Waals surface area (Å²) in [6.45, 7) is 0. The Morgan fingerprint density at radius 1 is 1.35 bits per heavy atom. The third kappa shape index (κ3) is 2.41.